The number of halogens is 1. The van der Waals surface area contributed by atoms with Crippen molar-refractivity contribution in [3.05, 3.63) is 46.3 Å². The van der Waals surface area contributed by atoms with E-state index >= 15 is 0 Å². The number of imidazole rings is 1. The number of nitrogens with two attached hydrogens (primary N) is 1. The Morgan fingerprint density at radius 1 is 1.22 bits per heavy atom. The van der Waals surface area contributed by atoms with E-state index in [0.29, 0.717) is 15.0 Å². The average Bonchev–Trinajstić information content (AvgIpc) is 3.50. The van der Waals surface area contributed by atoms with Crippen LogP contribution in [0.4, 0.5) is 5.95 Å². The number of esters is 1. The zero-order valence-corrected chi connectivity index (χ0v) is 32.4. The molecule has 1 fully saturated rings. The summed E-state index contributed by atoms with van der Waals surface area (Å²) in [6.07, 6.45) is -1.86. The smallest absolute Gasteiger partial charge is 0.459 e. The summed E-state index contributed by atoms with van der Waals surface area (Å²) in [6.45, 7) is 6.82. The third kappa shape index (κ3) is 8.47. The standard InChI is InChI=1S/C32H42IN6O9PS/c1-31(2,3)17-45-27(41)20(14-15-50-6)38-49(43,48-21-13-9-11-18-10-7-8-12-19(18)21)46-16-22-24(40)32(4,42)28(47-22)39-25-23(35-29(39)33)26(44-5)37-30(34)36-25/h7-13,20,22,24,28,40,42H,14-17H2,1-6H3,(H,38,43)(H2,34,36,37)/t20-,22+,24+,28+,32+,49?/m0/s1. The van der Waals surface area contributed by atoms with Gasteiger partial charge in [-0.15, -0.1) is 0 Å². The molecular formula is C32H42IN6O9PS. The molecule has 18 heteroatoms. The molecule has 2 aromatic heterocycles. The Kier molecular flexibility index (Phi) is 11.9. The summed E-state index contributed by atoms with van der Waals surface area (Å²) in [5.74, 6) is 0.199. The Hall–Kier alpha value is -2.77. The Morgan fingerprint density at radius 3 is 2.64 bits per heavy atom. The number of carbonyl (C=O) groups is 1. The molecule has 50 heavy (non-hydrogen) atoms. The van der Waals surface area contributed by atoms with Crippen LogP contribution in [0.15, 0.2) is 42.5 Å². The second kappa shape index (κ2) is 15.5. The van der Waals surface area contributed by atoms with Crippen LogP contribution in [0.1, 0.15) is 40.3 Å². The number of hydrogen-bond acceptors (Lipinski definition) is 14. The van der Waals surface area contributed by atoms with Crippen LogP contribution in [0.3, 0.4) is 0 Å². The van der Waals surface area contributed by atoms with Crippen LogP contribution in [0.5, 0.6) is 11.6 Å². The molecule has 1 saturated heterocycles. The van der Waals surface area contributed by atoms with Crippen molar-refractivity contribution >= 4 is 76.0 Å². The molecule has 4 aromatic rings. The van der Waals surface area contributed by atoms with E-state index in [1.165, 1.54) is 30.4 Å². The number of aliphatic hydroxyl groups is 2. The molecule has 6 atom stereocenters. The maximum absolute atomic E-state index is 14.7. The highest BCUT2D eigenvalue weighted by Crippen LogP contribution is 2.49. The third-order valence-electron chi connectivity index (χ3n) is 7.90. The minimum atomic E-state index is -4.43. The number of nitrogens with zero attached hydrogens (tertiary/aromatic N) is 4. The van der Waals surface area contributed by atoms with Crippen LogP contribution >= 0.6 is 42.1 Å². The number of rotatable bonds is 14. The summed E-state index contributed by atoms with van der Waals surface area (Å²) in [4.78, 5) is 26.2. The zero-order valence-electron chi connectivity index (χ0n) is 28.5. The first-order valence-corrected chi connectivity index (χ1v) is 19.7. The monoisotopic (exact) mass is 844 g/mol. The number of carbonyl (C=O) groups excluding carboxylic acids is 1. The molecule has 1 aliphatic rings. The van der Waals surface area contributed by atoms with E-state index in [1.807, 2.05) is 79.9 Å². The summed E-state index contributed by atoms with van der Waals surface area (Å²) in [7, 11) is -3.02. The van der Waals surface area contributed by atoms with Gasteiger partial charge < -0.3 is 34.7 Å². The van der Waals surface area contributed by atoms with Gasteiger partial charge in [0.1, 0.15) is 29.6 Å². The van der Waals surface area contributed by atoms with E-state index in [0.717, 1.165) is 5.39 Å². The first-order valence-electron chi connectivity index (χ1n) is 15.7. The van der Waals surface area contributed by atoms with Crippen LogP contribution < -0.4 is 20.1 Å². The molecule has 0 spiro atoms. The van der Waals surface area contributed by atoms with Crippen molar-refractivity contribution in [3.63, 3.8) is 0 Å². The van der Waals surface area contributed by atoms with Gasteiger partial charge in [0.05, 0.1) is 20.3 Å². The molecule has 0 aliphatic carbocycles. The molecule has 0 radical (unpaired) electrons. The number of ether oxygens (including phenoxy) is 3. The molecular weight excluding hydrogens is 802 g/mol. The topological polar surface area (TPSA) is 202 Å². The van der Waals surface area contributed by atoms with Gasteiger partial charge in [-0.25, -0.2) is 9.55 Å². The van der Waals surface area contributed by atoms with Gasteiger partial charge in [0.2, 0.25) is 11.8 Å². The molecule has 2 aromatic carbocycles. The van der Waals surface area contributed by atoms with Crippen molar-refractivity contribution in [2.75, 3.05) is 38.1 Å². The third-order valence-corrected chi connectivity index (χ3v) is 10.9. The maximum atomic E-state index is 14.7. The largest absolute Gasteiger partial charge is 0.479 e. The van der Waals surface area contributed by atoms with Crippen molar-refractivity contribution in [3.8, 4) is 11.6 Å². The van der Waals surface area contributed by atoms with Crippen molar-refractivity contribution < 1.29 is 42.8 Å². The number of hydrogen-bond donors (Lipinski definition) is 4. The molecule has 272 valence electrons. The Morgan fingerprint density at radius 2 is 1.94 bits per heavy atom. The number of aromatic nitrogens is 4. The average molecular weight is 845 g/mol. The predicted molar refractivity (Wildman–Crippen MR) is 198 cm³/mol. The fourth-order valence-electron chi connectivity index (χ4n) is 5.36. The van der Waals surface area contributed by atoms with Gasteiger partial charge in [0.25, 0.3) is 0 Å². The van der Waals surface area contributed by atoms with E-state index in [4.69, 9.17) is 29.0 Å². The van der Waals surface area contributed by atoms with E-state index in [-0.39, 0.29) is 47.2 Å². The lowest BCUT2D eigenvalue weighted by atomic mass is 9.96. The number of nitrogens with one attached hydrogen (secondary N) is 1. The van der Waals surface area contributed by atoms with Crippen molar-refractivity contribution in [2.45, 2.75) is 64.2 Å². The second-order valence-corrected chi connectivity index (χ2v) is 16.8. The van der Waals surface area contributed by atoms with Gasteiger partial charge in [-0.05, 0) is 42.2 Å². The number of anilines is 1. The van der Waals surface area contributed by atoms with Crippen molar-refractivity contribution in [2.24, 2.45) is 5.41 Å². The van der Waals surface area contributed by atoms with Crippen LogP contribution in [0.25, 0.3) is 21.9 Å². The summed E-state index contributed by atoms with van der Waals surface area (Å²) in [5, 5.41) is 27.3. The van der Waals surface area contributed by atoms with Gasteiger partial charge in [0, 0.05) is 28.0 Å². The fourth-order valence-corrected chi connectivity index (χ4v) is 8.11. The number of fused-ring (bicyclic) bond motifs is 2. The van der Waals surface area contributed by atoms with Gasteiger partial charge in [0.15, 0.2) is 21.2 Å². The predicted octanol–water partition coefficient (Wildman–Crippen LogP) is 4.69. The quantitative estimate of drug-likeness (QED) is 0.0589. The van der Waals surface area contributed by atoms with Crippen molar-refractivity contribution in [1.82, 2.24) is 24.6 Å². The summed E-state index contributed by atoms with van der Waals surface area (Å²) >= 11 is 3.45. The van der Waals surface area contributed by atoms with Gasteiger partial charge in [-0.1, -0.05) is 57.2 Å². The minimum absolute atomic E-state index is 0.0976. The fraction of sp³-hybridized carbons (Fsp3) is 0.500. The zero-order chi connectivity index (χ0) is 36.4. The number of nitrogen functional groups attached to an aromatic ring is 1. The van der Waals surface area contributed by atoms with Crippen LogP contribution in [-0.2, 0) is 23.4 Å². The highest BCUT2D eigenvalue weighted by atomic mass is 127. The van der Waals surface area contributed by atoms with Gasteiger partial charge in [-0.3, -0.25) is 13.9 Å². The highest BCUT2D eigenvalue weighted by Gasteiger charge is 2.55. The summed E-state index contributed by atoms with van der Waals surface area (Å²) < 4.78 is 45.8. The lowest BCUT2D eigenvalue weighted by Gasteiger charge is -2.28. The SMILES string of the molecule is COc1nc(N)nc2c1nc(I)n2[C@@H]1O[C@H](COP(=O)(N[C@@H](CCSC)C(=O)OCC(C)(C)C)Oc2cccc3ccccc23)[C@@H](O)[C@@]1(C)O. The Bertz CT molecular complexity index is 1890. The van der Waals surface area contributed by atoms with E-state index in [2.05, 4.69) is 20.0 Å². The molecule has 0 saturated carbocycles. The normalized spacial score (nSPS) is 22.8. The van der Waals surface area contributed by atoms with E-state index in [1.54, 1.807) is 12.1 Å². The lowest BCUT2D eigenvalue weighted by molar-refractivity contribution is -0.148. The first-order chi connectivity index (χ1) is 23.6. The summed E-state index contributed by atoms with van der Waals surface area (Å²) in [6, 6.07) is 11.6. The van der Waals surface area contributed by atoms with Gasteiger partial charge >= 0.3 is 13.7 Å². The Labute approximate surface area is 307 Å². The summed E-state index contributed by atoms with van der Waals surface area (Å²) in [5.41, 5.74) is 4.17. The number of methoxy groups -OCH3 is 1. The molecule has 1 aliphatic heterocycles. The molecule has 1 unspecified atom stereocenters. The molecule has 0 amide bonds. The minimum Gasteiger partial charge on any atom is -0.479 e. The number of thioether (sulfide) groups is 1. The van der Waals surface area contributed by atoms with E-state index < -0.39 is 50.4 Å². The molecule has 3 heterocycles. The molecule has 5 N–H and O–H groups in total. The van der Waals surface area contributed by atoms with Crippen LogP contribution in [-0.4, -0.2) is 91.9 Å². The van der Waals surface area contributed by atoms with Crippen molar-refractivity contribution in [1.29, 1.82) is 0 Å². The highest BCUT2D eigenvalue weighted by molar-refractivity contribution is 14.1. The van der Waals surface area contributed by atoms with Crippen LogP contribution in [0, 0.1) is 9.25 Å². The van der Waals surface area contributed by atoms with Gasteiger partial charge in [-0.2, -0.15) is 26.8 Å². The second-order valence-electron chi connectivity index (χ2n) is 13.2. The van der Waals surface area contributed by atoms with Crippen LogP contribution in [0.2, 0.25) is 0 Å². The molecule has 0 bridgehead atoms. The number of benzene rings is 2. The lowest BCUT2D eigenvalue weighted by Crippen LogP contribution is -2.45. The maximum Gasteiger partial charge on any atom is 0.459 e. The Balaban J connectivity index is 1.46. The first kappa shape index (κ1) is 38.5. The molecule has 5 rings (SSSR count). The number of aliphatic hydroxyl groups excluding tert-OH is 1. The molecule has 15 nitrogen and oxygen atoms in total. The van der Waals surface area contributed by atoms with E-state index in [9.17, 15) is 19.6 Å².